The zero-order chi connectivity index (χ0) is 21.1. The summed E-state index contributed by atoms with van der Waals surface area (Å²) in [4.78, 5) is 37.8. The summed E-state index contributed by atoms with van der Waals surface area (Å²) < 4.78 is 5.06. The number of non-ortho nitro benzene ring substituents is 1. The smallest absolute Gasteiger partial charge is 0.341 e. The first kappa shape index (κ1) is 20.3. The van der Waals surface area contributed by atoms with Crippen molar-refractivity contribution >= 4 is 39.6 Å². The van der Waals surface area contributed by atoms with Gasteiger partial charge in [0, 0.05) is 31.1 Å². The van der Waals surface area contributed by atoms with Crippen LogP contribution in [0.3, 0.4) is 0 Å². The Hall–Kier alpha value is -3.45. The summed E-state index contributed by atoms with van der Waals surface area (Å²) in [5, 5.41) is 23.4. The number of nitriles is 1. The van der Waals surface area contributed by atoms with E-state index in [0.717, 1.165) is 35.8 Å². The van der Waals surface area contributed by atoms with Crippen LogP contribution in [0, 0.1) is 21.4 Å². The fraction of sp³-hybridized carbons (Fsp3) is 0.316. The summed E-state index contributed by atoms with van der Waals surface area (Å²) >= 11 is 1.37. The molecule has 0 atom stereocenters. The molecule has 1 heterocycles. The largest absolute Gasteiger partial charge is 0.452 e. The number of hydrogen-bond acceptors (Lipinski definition) is 8. The van der Waals surface area contributed by atoms with Crippen molar-refractivity contribution in [2.24, 2.45) is 0 Å². The summed E-state index contributed by atoms with van der Waals surface area (Å²) in [5.74, 6) is -1.42. The number of thiophene rings is 1. The van der Waals surface area contributed by atoms with Crippen molar-refractivity contribution in [3.63, 3.8) is 0 Å². The van der Waals surface area contributed by atoms with Crippen LogP contribution in [0.2, 0.25) is 0 Å². The number of nitrogens with zero attached hydrogens (tertiary/aromatic N) is 3. The Labute approximate surface area is 170 Å². The fourth-order valence-electron chi connectivity index (χ4n) is 3.17. The Kier molecular flexibility index (Phi) is 5.79. The van der Waals surface area contributed by atoms with Crippen LogP contribution in [-0.2, 0) is 22.4 Å². The Morgan fingerprint density at radius 3 is 2.79 bits per heavy atom. The number of benzene rings is 1. The van der Waals surface area contributed by atoms with Crippen LogP contribution in [0.15, 0.2) is 18.2 Å². The summed E-state index contributed by atoms with van der Waals surface area (Å²) in [6.45, 7) is -0.568. The van der Waals surface area contributed by atoms with Gasteiger partial charge in [-0.1, -0.05) is 0 Å². The molecule has 10 heteroatoms. The normalized spacial score (nSPS) is 12.0. The maximum absolute atomic E-state index is 12.4. The zero-order valence-electron chi connectivity index (χ0n) is 15.9. The number of esters is 1. The lowest BCUT2D eigenvalue weighted by Gasteiger charge is -2.16. The van der Waals surface area contributed by atoms with Crippen LogP contribution >= 0.6 is 11.3 Å². The second-order valence-corrected chi connectivity index (χ2v) is 7.76. The number of amides is 1. The van der Waals surface area contributed by atoms with Gasteiger partial charge in [0.25, 0.3) is 11.6 Å². The molecule has 1 N–H and O–H groups in total. The van der Waals surface area contributed by atoms with Gasteiger partial charge in [0.2, 0.25) is 0 Å². The first-order valence-corrected chi connectivity index (χ1v) is 9.60. The second kappa shape index (κ2) is 8.28. The highest BCUT2D eigenvalue weighted by Crippen LogP contribution is 2.38. The predicted molar refractivity (Wildman–Crippen MR) is 107 cm³/mol. The van der Waals surface area contributed by atoms with Gasteiger partial charge in [-0.3, -0.25) is 14.9 Å². The molecule has 0 radical (unpaired) electrons. The number of nitro benzene ring substituents is 1. The number of carbonyl (C=O) groups excluding carboxylic acids is 2. The molecule has 2 aromatic rings. The quantitative estimate of drug-likeness (QED) is 0.437. The van der Waals surface area contributed by atoms with Gasteiger partial charge in [0.15, 0.2) is 6.61 Å². The lowest BCUT2D eigenvalue weighted by atomic mass is 10.1. The molecule has 1 aromatic heterocycles. The van der Waals surface area contributed by atoms with Gasteiger partial charge >= 0.3 is 5.97 Å². The molecule has 0 spiro atoms. The molecular weight excluding hydrogens is 396 g/mol. The van der Waals surface area contributed by atoms with E-state index in [1.54, 1.807) is 19.0 Å². The average Bonchev–Trinajstić information content (AvgIpc) is 3.26. The minimum atomic E-state index is -0.846. The molecule has 9 nitrogen and oxygen atoms in total. The number of fused-ring (bicyclic) bond motifs is 1. The van der Waals surface area contributed by atoms with Gasteiger partial charge in [-0.05, 0) is 30.9 Å². The SMILES string of the molecule is CN(C)c1ccc([N+](=O)[O-])cc1C(=O)OCC(=O)Nc1sc2c(c1C#N)CCC2. The first-order valence-electron chi connectivity index (χ1n) is 8.79. The van der Waals surface area contributed by atoms with Gasteiger partial charge in [-0.2, -0.15) is 5.26 Å². The average molecular weight is 414 g/mol. The molecule has 0 aliphatic heterocycles. The molecule has 150 valence electrons. The molecule has 1 aliphatic rings. The van der Waals surface area contributed by atoms with Crippen LogP contribution in [0.1, 0.15) is 32.8 Å². The number of nitro groups is 1. The number of aryl methyl sites for hydroxylation is 1. The number of ether oxygens (including phenoxy) is 1. The zero-order valence-corrected chi connectivity index (χ0v) is 16.7. The molecule has 1 aliphatic carbocycles. The molecule has 1 amide bonds. The van der Waals surface area contributed by atoms with E-state index >= 15 is 0 Å². The Balaban J connectivity index is 1.70. The Bertz CT molecular complexity index is 1040. The van der Waals surface area contributed by atoms with Crippen LogP contribution in [0.5, 0.6) is 0 Å². The van der Waals surface area contributed by atoms with Crippen molar-refractivity contribution in [2.45, 2.75) is 19.3 Å². The Morgan fingerprint density at radius 1 is 1.38 bits per heavy atom. The third-order valence-electron chi connectivity index (χ3n) is 4.51. The highest BCUT2D eigenvalue weighted by Gasteiger charge is 2.24. The van der Waals surface area contributed by atoms with E-state index in [9.17, 15) is 25.0 Å². The second-order valence-electron chi connectivity index (χ2n) is 6.65. The number of rotatable bonds is 6. The van der Waals surface area contributed by atoms with Crippen LogP contribution in [-0.4, -0.2) is 37.5 Å². The fourth-order valence-corrected chi connectivity index (χ4v) is 4.43. The standard InChI is InChI=1S/C19H18N4O5S/c1-22(2)15-7-6-11(23(26)27)8-13(15)19(25)28-10-17(24)21-18-14(9-20)12-4-3-5-16(12)29-18/h6-8H,3-5,10H2,1-2H3,(H,21,24). The maximum Gasteiger partial charge on any atom is 0.341 e. The minimum absolute atomic E-state index is 0.00943. The molecule has 0 fully saturated rings. The maximum atomic E-state index is 12.4. The van der Waals surface area contributed by atoms with E-state index in [0.29, 0.717) is 16.3 Å². The number of carbonyl (C=O) groups is 2. The van der Waals surface area contributed by atoms with Crippen molar-refractivity contribution in [3.05, 3.63) is 49.9 Å². The molecule has 29 heavy (non-hydrogen) atoms. The van der Waals surface area contributed by atoms with E-state index < -0.39 is 23.4 Å². The van der Waals surface area contributed by atoms with Crippen LogP contribution < -0.4 is 10.2 Å². The van der Waals surface area contributed by atoms with Gasteiger partial charge in [-0.15, -0.1) is 11.3 Å². The Morgan fingerprint density at radius 2 is 2.14 bits per heavy atom. The summed E-state index contributed by atoms with van der Waals surface area (Å²) in [6, 6.07) is 5.98. The summed E-state index contributed by atoms with van der Waals surface area (Å²) in [7, 11) is 3.37. The molecule has 0 saturated carbocycles. The third-order valence-corrected chi connectivity index (χ3v) is 5.72. The van der Waals surface area contributed by atoms with Gasteiger partial charge in [0.05, 0.1) is 21.7 Å². The predicted octanol–water partition coefficient (Wildman–Crippen LogP) is 2.88. The van der Waals surface area contributed by atoms with Gasteiger partial charge in [-0.25, -0.2) is 4.79 Å². The molecule has 0 saturated heterocycles. The third kappa shape index (κ3) is 4.20. The van der Waals surface area contributed by atoms with E-state index in [1.165, 1.54) is 23.5 Å². The topological polar surface area (TPSA) is 126 Å². The van der Waals surface area contributed by atoms with Crippen molar-refractivity contribution in [3.8, 4) is 6.07 Å². The monoisotopic (exact) mass is 414 g/mol. The van der Waals surface area contributed by atoms with Crippen molar-refractivity contribution in [1.29, 1.82) is 5.26 Å². The van der Waals surface area contributed by atoms with E-state index in [-0.39, 0.29) is 11.3 Å². The summed E-state index contributed by atoms with van der Waals surface area (Å²) in [6.07, 6.45) is 2.71. The first-order chi connectivity index (χ1) is 13.8. The number of nitrogens with one attached hydrogen (secondary N) is 1. The molecule has 0 unspecified atom stereocenters. The lowest BCUT2D eigenvalue weighted by molar-refractivity contribution is -0.384. The number of anilines is 2. The van der Waals surface area contributed by atoms with Gasteiger partial charge in [0.1, 0.15) is 11.1 Å². The van der Waals surface area contributed by atoms with Crippen molar-refractivity contribution in [2.75, 3.05) is 30.9 Å². The van der Waals surface area contributed by atoms with E-state index in [1.807, 2.05) is 0 Å². The van der Waals surface area contributed by atoms with Crippen LogP contribution in [0.25, 0.3) is 0 Å². The lowest BCUT2D eigenvalue weighted by Crippen LogP contribution is -2.22. The van der Waals surface area contributed by atoms with Crippen molar-refractivity contribution in [1.82, 2.24) is 0 Å². The highest BCUT2D eigenvalue weighted by molar-refractivity contribution is 7.16. The van der Waals surface area contributed by atoms with E-state index in [4.69, 9.17) is 4.74 Å². The molecule has 0 bridgehead atoms. The van der Waals surface area contributed by atoms with E-state index in [2.05, 4.69) is 11.4 Å². The van der Waals surface area contributed by atoms with Crippen LogP contribution in [0.4, 0.5) is 16.4 Å². The highest BCUT2D eigenvalue weighted by atomic mass is 32.1. The molecular formula is C19H18N4O5S. The minimum Gasteiger partial charge on any atom is -0.452 e. The van der Waals surface area contributed by atoms with Gasteiger partial charge < -0.3 is 15.0 Å². The number of hydrogen-bond donors (Lipinski definition) is 1. The molecule has 1 aromatic carbocycles. The molecule has 3 rings (SSSR count). The summed E-state index contributed by atoms with van der Waals surface area (Å²) in [5.41, 5.74) is 1.62. The van der Waals surface area contributed by atoms with Crippen molar-refractivity contribution < 1.29 is 19.2 Å².